The minimum atomic E-state index is -0.201. The third-order valence-electron chi connectivity index (χ3n) is 2.80. The predicted octanol–water partition coefficient (Wildman–Crippen LogP) is 3.36. The summed E-state index contributed by atoms with van der Waals surface area (Å²) in [6.07, 6.45) is 0. The van der Waals surface area contributed by atoms with Crippen molar-refractivity contribution in [2.24, 2.45) is 0 Å². The van der Waals surface area contributed by atoms with Gasteiger partial charge in [-0.15, -0.1) is 0 Å². The highest BCUT2D eigenvalue weighted by molar-refractivity contribution is 6.29. The van der Waals surface area contributed by atoms with Crippen LogP contribution in [0.5, 0.6) is 0 Å². The minimum absolute atomic E-state index is 0.201. The Morgan fingerprint density at radius 2 is 2.00 bits per heavy atom. The Morgan fingerprint density at radius 3 is 2.65 bits per heavy atom. The van der Waals surface area contributed by atoms with Crippen molar-refractivity contribution < 1.29 is 4.79 Å². The molecule has 1 aromatic carbocycles. The molecule has 0 aliphatic carbocycles. The van der Waals surface area contributed by atoms with Crippen molar-refractivity contribution in [1.29, 1.82) is 0 Å². The summed E-state index contributed by atoms with van der Waals surface area (Å²) >= 11 is 5.87. The number of amides is 1. The van der Waals surface area contributed by atoms with Crippen molar-refractivity contribution in [1.82, 2.24) is 4.98 Å². The molecule has 104 valence electrons. The lowest BCUT2D eigenvalue weighted by Gasteiger charge is -2.14. The molecule has 1 aromatic heterocycles. The number of aryl methyl sites for hydroxylation is 1. The van der Waals surface area contributed by atoms with E-state index in [0.717, 1.165) is 11.4 Å². The zero-order valence-corrected chi connectivity index (χ0v) is 12.4. The van der Waals surface area contributed by atoms with Crippen LogP contribution in [-0.2, 0) is 0 Å². The average molecular weight is 290 g/mol. The van der Waals surface area contributed by atoms with Crippen LogP contribution in [0.3, 0.4) is 0 Å². The molecule has 2 rings (SSSR count). The molecular formula is C15H16ClN3O. The van der Waals surface area contributed by atoms with E-state index >= 15 is 0 Å². The van der Waals surface area contributed by atoms with E-state index < -0.39 is 0 Å². The van der Waals surface area contributed by atoms with E-state index in [1.807, 2.05) is 43.3 Å². The largest absolute Gasteiger partial charge is 0.378 e. The molecule has 4 nitrogen and oxygen atoms in total. The fraction of sp³-hybridized carbons (Fsp3) is 0.200. The Hall–Kier alpha value is -2.07. The topological polar surface area (TPSA) is 45.2 Å². The molecule has 0 saturated carbocycles. The standard InChI is InChI=1S/C15H16ClN3O/c1-10-7-11(8-14(16)17-10)15(20)18-12-5-4-6-13(9-12)19(2)3/h4-9H,1-3H3,(H,18,20). The number of carbonyl (C=O) groups is 1. The van der Waals surface area contributed by atoms with Crippen molar-refractivity contribution in [2.75, 3.05) is 24.3 Å². The predicted molar refractivity (Wildman–Crippen MR) is 82.7 cm³/mol. The summed E-state index contributed by atoms with van der Waals surface area (Å²) in [6, 6.07) is 10.9. The second-order valence-corrected chi connectivity index (χ2v) is 5.11. The lowest BCUT2D eigenvalue weighted by molar-refractivity contribution is 0.102. The number of hydrogen-bond donors (Lipinski definition) is 1. The van der Waals surface area contributed by atoms with Gasteiger partial charge < -0.3 is 10.2 Å². The van der Waals surface area contributed by atoms with Crippen LogP contribution in [0.15, 0.2) is 36.4 Å². The van der Waals surface area contributed by atoms with Gasteiger partial charge in [-0.25, -0.2) is 4.98 Å². The Morgan fingerprint density at radius 1 is 1.25 bits per heavy atom. The molecule has 5 heteroatoms. The Balaban J connectivity index is 2.21. The van der Waals surface area contributed by atoms with Crippen LogP contribution in [0.4, 0.5) is 11.4 Å². The summed E-state index contributed by atoms with van der Waals surface area (Å²) < 4.78 is 0. The number of halogens is 1. The van der Waals surface area contributed by atoms with Gasteiger partial charge in [-0.1, -0.05) is 17.7 Å². The van der Waals surface area contributed by atoms with E-state index in [1.165, 1.54) is 0 Å². The first-order valence-corrected chi connectivity index (χ1v) is 6.56. The highest BCUT2D eigenvalue weighted by atomic mass is 35.5. The van der Waals surface area contributed by atoms with E-state index in [2.05, 4.69) is 10.3 Å². The summed E-state index contributed by atoms with van der Waals surface area (Å²) in [5, 5.41) is 3.17. The van der Waals surface area contributed by atoms with Crippen molar-refractivity contribution >= 4 is 28.9 Å². The number of anilines is 2. The third-order valence-corrected chi connectivity index (χ3v) is 3.00. The van der Waals surface area contributed by atoms with Gasteiger partial charge in [-0.2, -0.15) is 0 Å². The first-order chi connectivity index (χ1) is 9.45. The van der Waals surface area contributed by atoms with E-state index in [-0.39, 0.29) is 5.91 Å². The highest BCUT2D eigenvalue weighted by Crippen LogP contribution is 2.18. The maximum atomic E-state index is 12.2. The lowest BCUT2D eigenvalue weighted by Crippen LogP contribution is -2.14. The molecule has 0 fully saturated rings. The summed E-state index contributed by atoms with van der Waals surface area (Å²) in [6.45, 7) is 1.80. The quantitative estimate of drug-likeness (QED) is 0.881. The van der Waals surface area contributed by atoms with Crippen LogP contribution >= 0.6 is 11.6 Å². The number of pyridine rings is 1. The molecule has 0 unspecified atom stereocenters. The van der Waals surface area contributed by atoms with Gasteiger partial charge in [0.1, 0.15) is 5.15 Å². The van der Waals surface area contributed by atoms with Gasteiger partial charge in [0.2, 0.25) is 0 Å². The number of aromatic nitrogens is 1. The molecule has 0 bridgehead atoms. The number of nitrogens with one attached hydrogen (secondary N) is 1. The van der Waals surface area contributed by atoms with Gasteiger partial charge in [-0.3, -0.25) is 4.79 Å². The summed E-state index contributed by atoms with van der Waals surface area (Å²) in [4.78, 5) is 18.2. The molecule has 0 spiro atoms. The molecule has 0 saturated heterocycles. The number of nitrogens with zero attached hydrogens (tertiary/aromatic N) is 2. The highest BCUT2D eigenvalue weighted by Gasteiger charge is 2.09. The monoisotopic (exact) mass is 289 g/mol. The zero-order valence-electron chi connectivity index (χ0n) is 11.6. The van der Waals surface area contributed by atoms with E-state index in [1.54, 1.807) is 19.1 Å². The smallest absolute Gasteiger partial charge is 0.255 e. The van der Waals surface area contributed by atoms with Gasteiger partial charge in [0, 0.05) is 36.7 Å². The SMILES string of the molecule is Cc1cc(C(=O)Nc2cccc(N(C)C)c2)cc(Cl)n1. The second-order valence-electron chi connectivity index (χ2n) is 4.72. The maximum absolute atomic E-state index is 12.2. The van der Waals surface area contributed by atoms with Crippen molar-refractivity contribution in [3.05, 3.63) is 52.8 Å². The summed E-state index contributed by atoms with van der Waals surface area (Å²) in [5.41, 5.74) is 2.97. The fourth-order valence-corrected chi connectivity index (χ4v) is 2.08. The number of hydrogen-bond acceptors (Lipinski definition) is 3. The Labute approximate surface area is 123 Å². The molecule has 2 aromatic rings. The van der Waals surface area contributed by atoms with Crippen LogP contribution in [0, 0.1) is 6.92 Å². The Kier molecular flexibility index (Phi) is 4.25. The normalized spacial score (nSPS) is 10.2. The van der Waals surface area contributed by atoms with Crippen LogP contribution in [0.25, 0.3) is 0 Å². The second kappa shape index (κ2) is 5.92. The fourth-order valence-electron chi connectivity index (χ4n) is 1.82. The molecule has 0 atom stereocenters. The zero-order chi connectivity index (χ0) is 14.7. The molecule has 0 aliphatic rings. The van der Waals surface area contributed by atoms with Gasteiger partial charge in [0.15, 0.2) is 0 Å². The van der Waals surface area contributed by atoms with Crippen LogP contribution in [-0.4, -0.2) is 25.0 Å². The summed E-state index contributed by atoms with van der Waals surface area (Å²) in [5.74, 6) is -0.201. The molecule has 1 N–H and O–H groups in total. The van der Waals surface area contributed by atoms with E-state index in [4.69, 9.17) is 11.6 Å². The molecule has 20 heavy (non-hydrogen) atoms. The molecule has 1 amide bonds. The number of carbonyl (C=O) groups excluding carboxylic acids is 1. The van der Waals surface area contributed by atoms with Crippen LogP contribution < -0.4 is 10.2 Å². The molecular weight excluding hydrogens is 274 g/mol. The maximum Gasteiger partial charge on any atom is 0.255 e. The van der Waals surface area contributed by atoms with Crippen molar-refractivity contribution in [3.63, 3.8) is 0 Å². The van der Waals surface area contributed by atoms with Crippen molar-refractivity contribution in [2.45, 2.75) is 6.92 Å². The summed E-state index contributed by atoms with van der Waals surface area (Å²) in [7, 11) is 3.90. The number of rotatable bonds is 3. The Bertz CT molecular complexity index is 621. The average Bonchev–Trinajstić information content (AvgIpc) is 2.37. The van der Waals surface area contributed by atoms with Gasteiger partial charge in [-0.05, 0) is 37.3 Å². The van der Waals surface area contributed by atoms with E-state index in [9.17, 15) is 4.79 Å². The van der Waals surface area contributed by atoms with Gasteiger partial charge in [0.05, 0.1) is 0 Å². The molecule has 0 radical (unpaired) electrons. The van der Waals surface area contributed by atoms with Gasteiger partial charge in [0.25, 0.3) is 5.91 Å². The van der Waals surface area contributed by atoms with Gasteiger partial charge >= 0.3 is 0 Å². The molecule has 1 heterocycles. The van der Waals surface area contributed by atoms with Crippen LogP contribution in [0.1, 0.15) is 16.1 Å². The number of benzene rings is 1. The molecule has 0 aliphatic heterocycles. The minimum Gasteiger partial charge on any atom is -0.378 e. The first kappa shape index (κ1) is 14.3. The third kappa shape index (κ3) is 3.48. The van der Waals surface area contributed by atoms with Crippen molar-refractivity contribution in [3.8, 4) is 0 Å². The van der Waals surface area contributed by atoms with Crippen LogP contribution in [0.2, 0.25) is 5.15 Å². The first-order valence-electron chi connectivity index (χ1n) is 6.18. The lowest BCUT2D eigenvalue weighted by atomic mass is 10.2. The van der Waals surface area contributed by atoms with E-state index in [0.29, 0.717) is 16.4 Å².